The van der Waals surface area contributed by atoms with Crippen molar-refractivity contribution < 1.29 is 44.7 Å². The summed E-state index contributed by atoms with van der Waals surface area (Å²) in [5, 5.41) is 6.55. The maximum atomic E-state index is 15.5. The van der Waals surface area contributed by atoms with E-state index < -0.39 is 88.3 Å². The molecule has 2 amide bonds. The molecule has 0 spiro atoms. The van der Waals surface area contributed by atoms with Gasteiger partial charge in [0.15, 0.2) is 5.69 Å². The van der Waals surface area contributed by atoms with Crippen molar-refractivity contribution in [3.05, 3.63) is 118 Å². The summed E-state index contributed by atoms with van der Waals surface area (Å²) in [5.41, 5.74) is 3.30. The second kappa shape index (κ2) is 13.8. The third-order valence-electron chi connectivity index (χ3n) is 9.63. The molecule has 55 heavy (non-hydrogen) atoms. The van der Waals surface area contributed by atoms with Crippen molar-refractivity contribution in [2.24, 2.45) is 11.7 Å². The molecule has 3 N–H and O–H groups in total. The van der Waals surface area contributed by atoms with Crippen LogP contribution in [0.15, 0.2) is 67.3 Å². The van der Waals surface area contributed by atoms with Crippen LogP contribution in [-0.2, 0) is 29.9 Å². The molecule has 0 bridgehead atoms. The quantitative estimate of drug-likeness (QED) is 0.143. The van der Waals surface area contributed by atoms with Crippen LogP contribution in [-0.4, -0.2) is 36.5 Å². The molecule has 0 fully saturated rings. The number of hydrogen-bond donors (Lipinski definition) is 2. The van der Waals surface area contributed by atoms with Crippen LogP contribution in [0.5, 0.6) is 0 Å². The summed E-state index contributed by atoms with van der Waals surface area (Å²) in [6.07, 6.45) is -1.08. The number of nitrogens with two attached hydrogens (primary N) is 1. The number of benzene rings is 3. The zero-order valence-corrected chi connectivity index (χ0v) is 29.4. The van der Waals surface area contributed by atoms with E-state index in [4.69, 9.17) is 5.73 Å². The number of aromatic nitrogens is 5. The van der Waals surface area contributed by atoms with Crippen molar-refractivity contribution in [1.82, 2.24) is 30.0 Å². The first kappa shape index (κ1) is 37.5. The highest BCUT2D eigenvalue weighted by molar-refractivity contribution is 7.21. The molecule has 3 heterocycles. The van der Waals surface area contributed by atoms with Crippen LogP contribution in [0.2, 0.25) is 0 Å². The van der Waals surface area contributed by atoms with Crippen LogP contribution in [0, 0.1) is 23.4 Å². The molecule has 0 aliphatic heterocycles. The standard InChI is InChI=1S/C37H27F8N7O2S/c1-16-17(2)36(41,42)33-31(16)32(37(43,44)45)51-52(33)14-30(53)49-27(7-18-5-21(38)9-22(39)6-18)24-10-28-29(55-35(50-28)20-12-47-15-48-13-20)11-23(24)19-3-4-26(40)25(8-19)34(46)54/h3-6,8-13,15-17,27H,7,14H2,1-2H3,(H2,46,54)(H,49,53)/t16-,17+,27?/m0/s1. The molecule has 0 saturated carbocycles. The number of primary amides is 1. The number of nitrogens with one attached hydrogen (secondary N) is 1. The maximum Gasteiger partial charge on any atom is 0.435 e. The Morgan fingerprint density at radius 2 is 1.67 bits per heavy atom. The van der Waals surface area contributed by atoms with E-state index in [9.17, 15) is 35.9 Å². The van der Waals surface area contributed by atoms with E-state index in [1.165, 1.54) is 55.2 Å². The fraction of sp³-hybridized carbons (Fsp3) is 0.243. The number of halogens is 8. The number of carbonyl (C=O) groups excluding carboxylic acids is 2. The SMILES string of the molecule is C[C@@H]1c2c(C(F)(F)F)nn(CC(=O)NC(Cc3cc(F)cc(F)c3)c3cc4nc(-c5cncnc5)sc4cc3-c3ccc(F)c(C(N)=O)c3)c2C(F)(F)[C@@H]1C. The lowest BCUT2D eigenvalue weighted by Gasteiger charge is -2.24. The lowest BCUT2D eigenvalue weighted by atomic mass is 9.90. The minimum absolute atomic E-state index is 0.0275. The van der Waals surface area contributed by atoms with Crippen molar-refractivity contribution in [2.75, 3.05) is 0 Å². The molecule has 6 aromatic rings. The molecule has 3 atom stereocenters. The van der Waals surface area contributed by atoms with Gasteiger partial charge < -0.3 is 11.1 Å². The van der Waals surface area contributed by atoms with E-state index in [0.29, 0.717) is 31.5 Å². The van der Waals surface area contributed by atoms with Gasteiger partial charge in [-0.15, -0.1) is 11.3 Å². The second-order valence-corrected chi connectivity index (χ2v) is 14.2. The summed E-state index contributed by atoms with van der Waals surface area (Å²) >= 11 is 1.21. The van der Waals surface area contributed by atoms with Gasteiger partial charge in [-0.05, 0) is 71.0 Å². The smallest absolute Gasteiger partial charge is 0.366 e. The Bertz CT molecular complexity index is 2470. The Morgan fingerprint density at radius 3 is 2.33 bits per heavy atom. The second-order valence-electron chi connectivity index (χ2n) is 13.2. The van der Waals surface area contributed by atoms with Crippen molar-refractivity contribution >= 4 is 33.4 Å². The van der Waals surface area contributed by atoms with Crippen molar-refractivity contribution in [1.29, 1.82) is 0 Å². The molecule has 18 heteroatoms. The van der Waals surface area contributed by atoms with Gasteiger partial charge in [-0.1, -0.05) is 19.9 Å². The van der Waals surface area contributed by atoms with Crippen LogP contribution in [0.25, 0.3) is 31.9 Å². The fourth-order valence-corrected chi connectivity index (χ4v) is 7.85. The third-order valence-corrected chi connectivity index (χ3v) is 10.7. The predicted octanol–water partition coefficient (Wildman–Crippen LogP) is 8.10. The first-order chi connectivity index (χ1) is 25.9. The van der Waals surface area contributed by atoms with Crippen LogP contribution >= 0.6 is 11.3 Å². The van der Waals surface area contributed by atoms with Gasteiger partial charge in [-0.3, -0.25) is 14.3 Å². The first-order valence-corrected chi connectivity index (χ1v) is 17.3. The van der Waals surface area contributed by atoms with Crippen LogP contribution in [0.4, 0.5) is 35.1 Å². The van der Waals surface area contributed by atoms with Crippen LogP contribution in [0.3, 0.4) is 0 Å². The Labute approximate surface area is 310 Å². The highest BCUT2D eigenvalue weighted by Gasteiger charge is 2.57. The third kappa shape index (κ3) is 7.01. The van der Waals surface area contributed by atoms with Gasteiger partial charge in [0.05, 0.1) is 21.8 Å². The van der Waals surface area contributed by atoms with Gasteiger partial charge in [0.25, 0.3) is 11.8 Å². The normalized spacial score (nSPS) is 17.0. The van der Waals surface area contributed by atoms with Crippen molar-refractivity contribution in [3.8, 4) is 21.7 Å². The molecule has 3 aromatic carbocycles. The van der Waals surface area contributed by atoms with E-state index in [2.05, 4.69) is 25.4 Å². The number of carbonyl (C=O) groups is 2. The number of thiazole rings is 1. The summed E-state index contributed by atoms with van der Waals surface area (Å²) in [5.74, 6) is -11.5. The molecule has 284 valence electrons. The van der Waals surface area contributed by atoms with Crippen LogP contribution in [0.1, 0.15) is 64.2 Å². The molecular formula is C37H27F8N7O2S. The molecule has 1 unspecified atom stereocenters. The highest BCUT2D eigenvalue weighted by atomic mass is 32.1. The van der Waals surface area contributed by atoms with E-state index in [1.54, 1.807) is 6.07 Å². The molecule has 7 rings (SSSR count). The monoisotopic (exact) mass is 785 g/mol. The summed E-state index contributed by atoms with van der Waals surface area (Å²) in [7, 11) is 0. The van der Waals surface area contributed by atoms with Gasteiger partial charge in [-0.25, -0.2) is 28.1 Å². The maximum absolute atomic E-state index is 15.5. The Balaban J connectivity index is 1.38. The first-order valence-electron chi connectivity index (χ1n) is 16.5. The van der Waals surface area contributed by atoms with Gasteiger partial charge >= 0.3 is 6.18 Å². The number of alkyl halides is 5. The summed E-state index contributed by atoms with van der Waals surface area (Å²) in [4.78, 5) is 38.7. The van der Waals surface area contributed by atoms with Gasteiger partial charge in [0, 0.05) is 35.5 Å². The topological polar surface area (TPSA) is 129 Å². The van der Waals surface area contributed by atoms with Gasteiger partial charge in [0.1, 0.15) is 41.0 Å². The molecule has 9 nitrogen and oxygen atoms in total. The molecule has 0 radical (unpaired) electrons. The highest BCUT2D eigenvalue weighted by Crippen LogP contribution is 2.55. The summed E-state index contributed by atoms with van der Waals surface area (Å²) in [6.45, 7) is 1.25. The lowest BCUT2D eigenvalue weighted by Crippen LogP contribution is -2.35. The number of hydrogen-bond acceptors (Lipinski definition) is 7. The number of nitrogens with zero attached hydrogens (tertiary/aromatic N) is 5. The number of fused-ring (bicyclic) bond motifs is 2. The van der Waals surface area contributed by atoms with Crippen molar-refractivity contribution in [3.63, 3.8) is 0 Å². The molecular weight excluding hydrogens is 759 g/mol. The fourth-order valence-electron chi connectivity index (χ4n) is 6.88. The Hall–Kier alpha value is -5.78. The minimum atomic E-state index is -5.11. The van der Waals surface area contributed by atoms with Gasteiger partial charge in [-0.2, -0.15) is 27.1 Å². The zero-order chi connectivity index (χ0) is 39.6. The van der Waals surface area contributed by atoms with E-state index in [0.717, 1.165) is 25.1 Å². The summed E-state index contributed by atoms with van der Waals surface area (Å²) in [6, 6.07) is 7.99. The zero-order valence-electron chi connectivity index (χ0n) is 28.6. The number of rotatable bonds is 9. The predicted molar refractivity (Wildman–Crippen MR) is 184 cm³/mol. The largest absolute Gasteiger partial charge is 0.435 e. The Kier molecular flexibility index (Phi) is 9.43. The summed E-state index contributed by atoms with van der Waals surface area (Å²) < 4.78 is 118. The average Bonchev–Trinajstić information content (AvgIpc) is 3.76. The molecule has 1 aliphatic carbocycles. The molecule has 3 aromatic heterocycles. The average molecular weight is 786 g/mol. The van der Waals surface area contributed by atoms with E-state index >= 15 is 8.78 Å². The lowest BCUT2D eigenvalue weighted by molar-refractivity contribution is -0.143. The minimum Gasteiger partial charge on any atom is -0.366 e. The van der Waals surface area contributed by atoms with Crippen molar-refractivity contribution in [2.45, 2.75) is 50.9 Å². The van der Waals surface area contributed by atoms with E-state index in [1.807, 2.05) is 0 Å². The van der Waals surface area contributed by atoms with E-state index in [-0.39, 0.29) is 28.7 Å². The Morgan fingerprint density at radius 1 is 0.982 bits per heavy atom. The molecule has 1 aliphatic rings. The number of amides is 2. The molecule has 0 saturated heterocycles. The van der Waals surface area contributed by atoms with Crippen LogP contribution < -0.4 is 11.1 Å². The van der Waals surface area contributed by atoms with Gasteiger partial charge in [0.2, 0.25) is 5.91 Å².